The summed E-state index contributed by atoms with van der Waals surface area (Å²) in [5.74, 6) is 2.44. The normalized spacial score (nSPS) is 16.1. The Balaban J connectivity index is 1.37. The van der Waals surface area contributed by atoms with Crippen LogP contribution in [-0.2, 0) is 11.3 Å². The molecule has 9 nitrogen and oxygen atoms in total. The average molecular weight is 537 g/mol. The van der Waals surface area contributed by atoms with Gasteiger partial charge in [0.25, 0.3) is 0 Å². The first-order valence-electron chi connectivity index (χ1n) is 12.2. The maximum absolute atomic E-state index is 12.8. The molecule has 38 heavy (non-hydrogen) atoms. The van der Waals surface area contributed by atoms with Crippen molar-refractivity contribution in [2.75, 3.05) is 27.9 Å². The van der Waals surface area contributed by atoms with Crippen LogP contribution in [0.15, 0.2) is 54.9 Å². The fourth-order valence-corrected chi connectivity index (χ4v) is 4.87. The zero-order valence-electron chi connectivity index (χ0n) is 21.7. The number of ether oxygens (including phenoxy) is 4. The van der Waals surface area contributed by atoms with Crippen LogP contribution >= 0.6 is 11.6 Å². The van der Waals surface area contributed by atoms with E-state index >= 15 is 0 Å². The van der Waals surface area contributed by atoms with Gasteiger partial charge in [-0.2, -0.15) is 5.10 Å². The summed E-state index contributed by atoms with van der Waals surface area (Å²) in [4.78, 5) is 19.5. The lowest BCUT2D eigenvalue weighted by Crippen LogP contribution is -2.29. The molecule has 0 radical (unpaired) electrons. The molecule has 198 valence electrons. The first kappa shape index (κ1) is 25.7. The van der Waals surface area contributed by atoms with Crippen molar-refractivity contribution in [2.24, 2.45) is 5.92 Å². The molecule has 1 amide bonds. The topological polar surface area (TPSA) is 87.4 Å². The molecule has 0 unspecified atom stereocenters. The van der Waals surface area contributed by atoms with Gasteiger partial charge in [0.05, 0.1) is 44.4 Å². The standard InChI is InChI=1S/C28H29ClN4O5/c1-17(20-12-26(34)32(15-20)14-18-5-8-21(35-2)9-6-18)38-28-27-22(29)13-30-33(27)16-23(31-28)19-7-10-24(36-3)25(11-19)37-4/h5-11,13,16-17,20H,12,14-15H2,1-4H3/t17-,20-/m1/s1. The summed E-state index contributed by atoms with van der Waals surface area (Å²) in [5, 5.41) is 4.80. The Hall–Kier alpha value is -3.98. The minimum absolute atomic E-state index is 0.00553. The molecule has 10 heteroatoms. The van der Waals surface area contributed by atoms with E-state index in [0.29, 0.717) is 53.1 Å². The average Bonchev–Trinajstić information content (AvgIpc) is 3.50. The van der Waals surface area contributed by atoms with Crippen LogP contribution in [-0.4, -0.2) is 59.4 Å². The molecule has 1 aliphatic heterocycles. The number of aromatic nitrogens is 3. The molecule has 1 saturated heterocycles. The lowest BCUT2D eigenvalue weighted by molar-refractivity contribution is -0.128. The molecule has 0 spiro atoms. The summed E-state index contributed by atoms with van der Waals surface area (Å²) in [6.45, 7) is 3.09. The first-order valence-corrected chi connectivity index (χ1v) is 12.6. The Labute approximate surface area is 225 Å². The lowest BCUT2D eigenvalue weighted by Gasteiger charge is -2.22. The van der Waals surface area contributed by atoms with Crippen molar-refractivity contribution in [1.29, 1.82) is 0 Å². The van der Waals surface area contributed by atoms with Gasteiger partial charge in [-0.25, -0.2) is 9.50 Å². The molecule has 0 saturated carbocycles. The number of hydrogen-bond acceptors (Lipinski definition) is 7. The molecule has 2 aromatic carbocycles. The quantitative estimate of drug-likeness (QED) is 0.301. The van der Waals surface area contributed by atoms with Crippen LogP contribution in [0.1, 0.15) is 18.9 Å². The van der Waals surface area contributed by atoms with Gasteiger partial charge in [-0.15, -0.1) is 0 Å². The second-order valence-electron chi connectivity index (χ2n) is 9.20. The summed E-state index contributed by atoms with van der Waals surface area (Å²) in [7, 11) is 4.81. The zero-order chi connectivity index (χ0) is 26.8. The maximum atomic E-state index is 12.8. The van der Waals surface area contributed by atoms with E-state index in [1.807, 2.05) is 54.3 Å². The zero-order valence-corrected chi connectivity index (χ0v) is 22.4. The second kappa shape index (κ2) is 10.8. The van der Waals surface area contributed by atoms with Crippen molar-refractivity contribution in [3.8, 4) is 34.4 Å². The molecule has 3 heterocycles. The van der Waals surface area contributed by atoms with Gasteiger partial charge in [0.1, 0.15) is 17.4 Å². The summed E-state index contributed by atoms with van der Waals surface area (Å²) >= 11 is 6.45. The van der Waals surface area contributed by atoms with Crippen LogP contribution in [0.4, 0.5) is 0 Å². The van der Waals surface area contributed by atoms with Gasteiger partial charge in [-0.05, 0) is 42.8 Å². The van der Waals surface area contributed by atoms with Crippen LogP contribution in [0.2, 0.25) is 5.02 Å². The Bertz CT molecular complexity index is 1460. The van der Waals surface area contributed by atoms with Crippen LogP contribution in [0.5, 0.6) is 23.1 Å². The molecule has 2 aromatic heterocycles. The third kappa shape index (κ3) is 5.06. The van der Waals surface area contributed by atoms with Crippen LogP contribution < -0.4 is 18.9 Å². The lowest BCUT2D eigenvalue weighted by atomic mass is 10.0. The van der Waals surface area contributed by atoms with Crippen molar-refractivity contribution < 1.29 is 23.7 Å². The highest BCUT2D eigenvalue weighted by Crippen LogP contribution is 2.35. The Morgan fingerprint density at radius 2 is 1.82 bits per heavy atom. The number of methoxy groups -OCH3 is 3. The van der Waals surface area contributed by atoms with E-state index in [-0.39, 0.29) is 17.9 Å². The largest absolute Gasteiger partial charge is 0.497 e. The number of benzene rings is 2. The fourth-order valence-electron chi connectivity index (χ4n) is 4.66. The molecule has 0 bridgehead atoms. The van der Waals surface area contributed by atoms with E-state index in [9.17, 15) is 4.79 Å². The van der Waals surface area contributed by atoms with E-state index in [2.05, 4.69) is 5.10 Å². The molecule has 2 atom stereocenters. The first-order chi connectivity index (χ1) is 18.4. The van der Waals surface area contributed by atoms with Crippen molar-refractivity contribution in [2.45, 2.75) is 26.0 Å². The number of rotatable bonds is 9. The van der Waals surface area contributed by atoms with E-state index in [4.69, 9.17) is 35.5 Å². The molecule has 4 aromatic rings. The number of fused-ring (bicyclic) bond motifs is 1. The van der Waals surface area contributed by atoms with Gasteiger partial charge in [0.15, 0.2) is 11.5 Å². The van der Waals surface area contributed by atoms with E-state index in [0.717, 1.165) is 16.9 Å². The number of likely N-dealkylation sites (tertiary alicyclic amines) is 1. The number of carbonyl (C=O) groups is 1. The van der Waals surface area contributed by atoms with Crippen molar-refractivity contribution in [3.05, 3.63) is 65.4 Å². The van der Waals surface area contributed by atoms with Crippen LogP contribution in [0, 0.1) is 5.92 Å². The Kier molecular flexibility index (Phi) is 7.28. The summed E-state index contributed by atoms with van der Waals surface area (Å²) in [6.07, 6.45) is 3.46. The maximum Gasteiger partial charge on any atom is 0.242 e. The van der Waals surface area contributed by atoms with Gasteiger partial charge in [0.2, 0.25) is 11.8 Å². The van der Waals surface area contributed by atoms with Crippen LogP contribution in [0.25, 0.3) is 16.8 Å². The smallest absolute Gasteiger partial charge is 0.242 e. The number of halogens is 1. The van der Waals surface area contributed by atoms with Crippen molar-refractivity contribution in [3.63, 3.8) is 0 Å². The summed E-state index contributed by atoms with van der Waals surface area (Å²) < 4.78 is 24.1. The monoisotopic (exact) mass is 536 g/mol. The third-order valence-corrected chi connectivity index (χ3v) is 7.11. The second-order valence-corrected chi connectivity index (χ2v) is 9.60. The van der Waals surface area contributed by atoms with Gasteiger partial charge >= 0.3 is 0 Å². The summed E-state index contributed by atoms with van der Waals surface area (Å²) in [5.41, 5.74) is 3.05. The molecular formula is C28H29ClN4O5. The number of hydrogen-bond donors (Lipinski definition) is 0. The molecule has 1 aliphatic rings. The van der Waals surface area contributed by atoms with Gasteiger partial charge in [0, 0.05) is 31.0 Å². The van der Waals surface area contributed by atoms with Gasteiger partial charge < -0.3 is 23.8 Å². The number of nitrogens with zero attached hydrogens (tertiary/aromatic N) is 4. The number of amides is 1. The third-order valence-electron chi connectivity index (χ3n) is 6.84. The Morgan fingerprint density at radius 3 is 2.53 bits per heavy atom. The van der Waals surface area contributed by atoms with Gasteiger partial charge in [-0.1, -0.05) is 23.7 Å². The Morgan fingerprint density at radius 1 is 1.05 bits per heavy atom. The highest BCUT2D eigenvalue weighted by molar-refractivity contribution is 6.34. The SMILES string of the molecule is COc1ccc(CN2C[C@H]([C@@H](C)Oc3nc(-c4ccc(OC)c(OC)c4)cn4ncc(Cl)c34)CC2=O)cc1. The fraction of sp³-hybridized carbons (Fsp3) is 0.321. The van der Waals surface area contributed by atoms with E-state index in [1.165, 1.54) is 0 Å². The molecule has 0 N–H and O–H groups in total. The van der Waals surface area contributed by atoms with Crippen molar-refractivity contribution in [1.82, 2.24) is 19.5 Å². The van der Waals surface area contributed by atoms with E-state index < -0.39 is 0 Å². The molecule has 0 aliphatic carbocycles. The minimum atomic E-state index is -0.289. The van der Waals surface area contributed by atoms with E-state index in [1.54, 1.807) is 38.2 Å². The molecular weight excluding hydrogens is 508 g/mol. The highest BCUT2D eigenvalue weighted by Gasteiger charge is 2.34. The number of carbonyl (C=O) groups excluding carboxylic acids is 1. The molecule has 5 rings (SSSR count). The predicted molar refractivity (Wildman–Crippen MR) is 143 cm³/mol. The minimum Gasteiger partial charge on any atom is -0.497 e. The predicted octanol–water partition coefficient (Wildman–Crippen LogP) is 4.89. The highest BCUT2D eigenvalue weighted by atomic mass is 35.5. The molecule has 1 fully saturated rings. The van der Waals surface area contributed by atoms with Crippen LogP contribution in [0.3, 0.4) is 0 Å². The van der Waals surface area contributed by atoms with Gasteiger partial charge in [-0.3, -0.25) is 4.79 Å². The van der Waals surface area contributed by atoms with Crippen molar-refractivity contribution >= 4 is 23.0 Å². The summed E-state index contributed by atoms with van der Waals surface area (Å²) in [6, 6.07) is 13.3.